The van der Waals surface area contributed by atoms with Crippen molar-refractivity contribution in [2.24, 2.45) is 11.3 Å². The third-order valence-electron chi connectivity index (χ3n) is 5.74. The number of carbonyl (C=O) groups excluding carboxylic acids is 1. The van der Waals surface area contributed by atoms with Crippen molar-refractivity contribution < 1.29 is 14.7 Å². The second-order valence-corrected chi connectivity index (χ2v) is 7.09. The van der Waals surface area contributed by atoms with Gasteiger partial charge in [-0.15, -0.1) is 0 Å². The van der Waals surface area contributed by atoms with Crippen LogP contribution in [0.4, 0.5) is 4.79 Å². The molecule has 1 aliphatic heterocycles. The summed E-state index contributed by atoms with van der Waals surface area (Å²) < 4.78 is 2.01. The summed E-state index contributed by atoms with van der Waals surface area (Å²) in [6, 6.07) is 7.71. The maximum Gasteiger partial charge on any atom is 0.317 e. The van der Waals surface area contributed by atoms with Crippen LogP contribution in [0.5, 0.6) is 0 Å². The Bertz CT molecular complexity index is 818. The van der Waals surface area contributed by atoms with Gasteiger partial charge < -0.3 is 19.9 Å². The fourth-order valence-corrected chi connectivity index (χ4v) is 4.38. The van der Waals surface area contributed by atoms with Gasteiger partial charge in [-0.05, 0) is 30.9 Å². The van der Waals surface area contributed by atoms with Gasteiger partial charge in [0.15, 0.2) is 0 Å². The number of hydrogen-bond acceptors (Lipinski definition) is 3. The quantitative estimate of drug-likeness (QED) is 0.889. The first-order valence-corrected chi connectivity index (χ1v) is 8.76. The molecule has 2 heterocycles. The SMILES string of the molecule is O=C(NCCn1cnc2ccccc21)N1C[C@@H]2CCC[C@@]2(C(=O)O)C1. The predicted octanol–water partition coefficient (Wildman–Crippen LogP) is 1.93. The number of imidazole rings is 1. The van der Waals surface area contributed by atoms with Crippen molar-refractivity contribution in [3.63, 3.8) is 0 Å². The summed E-state index contributed by atoms with van der Waals surface area (Å²) in [5.41, 5.74) is 1.25. The van der Waals surface area contributed by atoms with Crippen molar-refractivity contribution in [3.8, 4) is 0 Å². The number of para-hydroxylation sites is 2. The molecule has 0 radical (unpaired) electrons. The summed E-state index contributed by atoms with van der Waals surface area (Å²) in [4.78, 5) is 30.1. The molecule has 1 aromatic carbocycles. The van der Waals surface area contributed by atoms with Gasteiger partial charge in [-0.25, -0.2) is 9.78 Å². The van der Waals surface area contributed by atoms with Crippen LogP contribution in [0, 0.1) is 11.3 Å². The fourth-order valence-electron chi connectivity index (χ4n) is 4.38. The number of fused-ring (bicyclic) bond motifs is 2. The summed E-state index contributed by atoms with van der Waals surface area (Å²) >= 11 is 0. The van der Waals surface area contributed by atoms with Gasteiger partial charge in [-0.3, -0.25) is 4.79 Å². The first-order chi connectivity index (χ1) is 12.1. The second-order valence-electron chi connectivity index (χ2n) is 7.09. The maximum absolute atomic E-state index is 12.4. The van der Waals surface area contributed by atoms with Crippen LogP contribution < -0.4 is 5.32 Å². The lowest BCUT2D eigenvalue weighted by molar-refractivity contribution is -0.149. The van der Waals surface area contributed by atoms with E-state index < -0.39 is 11.4 Å². The largest absolute Gasteiger partial charge is 0.481 e. The van der Waals surface area contributed by atoms with E-state index in [1.54, 1.807) is 11.2 Å². The summed E-state index contributed by atoms with van der Waals surface area (Å²) in [6.07, 6.45) is 4.30. The number of hydrogen-bond donors (Lipinski definition) is 2. The van der Waals surface area contributed by atoms with Crippen molar-refractivity contribution in [2.45, 2.75) is 25.8 Å². The minimum Gasteiger partial charge on any atom is -0.481 e. The molecule has 0 unspecified atom stereocenters. The topological polar surface area (TPSA) is 87.5 Å². The first-order valence-electron chi connectivity index (χ1n) is 8.76. The zero-order valence-electron chi connectivity index (χ0n) is 14.0. The monoisotopic (exact) mass is 342 g/mol. The number of amides is 2. The lowest BCUT2D eigenvalue weighted by atomic mass is 9.81. The van der Waals surface area contributed by atoms with Crippen LogP contribution in [0.1, 0.15) is 19.3 Å². The molecule has 2 amide bonds. The summed E-state index contributed by atoms with van der Waals surface area (Å²) in [7, 11) is 0. The van der Waals surface area contributed by atoms with Crippen molar-refractivity contribution >= 4 is 23.0 Å². The van der Waals surface area contributed by atoms with Gasteiger partial charge >= 0.3 is 12.0 Å². The molecule has 7 nitrogen and oxygen atoms in total. The van der Waals surface area contributed by atoms with Crippen LogP contribution in [0.15, 0.2) is 30.6 Å². The summed E-state index contributed by atoms with van der Waals surface area (Å²) in [5.74, 6) is -0.663. The molecule has 4 rings (SSSR count). The molecule has 1 saturated heterocycles. The van der Waals surface area contributed by atoms with Crippen molar-refractivity contribution in [3.05, 3.63) is 30.6 Å². The number of aromatic nitrogens is 2. The first kappa shape index (κ1) is 15.9. The zero-order valence-corrected chi connectivity index (χ0v) is 14.0. The molecular formula is C18H22N4O3. The van der Waals surface area contributed by atoms with Gasteiger partial charge in [-0.2, -0.15) is 0 Å². The molecule has 2 aliphatic rings. The Morgan fingerprint density at radius 1 is 1.36 bits per heavy atom. The molecule has 25 heavy (non-hydrogen) atoms. The van der Waals surface area contributed by atoms with Crippen LogP contribution in [0.2, 0.25) is 0 Å². The second kappa shape index (κ2) is 6.06. The normalized spacial score (nSPS) is 25.3. The van der Waals surface area contributed by atoms with Crippen LogP contribution in [-0.2, 0) is 11.3 Å². The van der Waals surface area contributed by atoms with Crippen molar-refractivity contribution in [2.75, 3.05) is 19.6 Å². The third kappa shape index (κ3) is 2.63. The Kier molecular flexibility index (Phi) is 3.86. The molecule has 0 spiro atoms. The molecule has 132 valence electrons. The van der Waals surface area contributed by atoms with Gasteiger partial charge in [0.1, 0.15) is 0 Å². The number of nitrogens with zero attached hydrogens (tertiary/aromatic N) is 3. The van der Waals surface area contributed by atoms with Crippen LogP contribution in [0.25, 0.3) is 11.0 Å². The van der Waals surface area contributed by atoms with E-state index in [9.17, 15) is 14.7 Å². The lowest BCUT2D eigenvalue weighted by Gasteiger charge is -2.23. The third-order valence-corrected chi connectivity index (χ3v) is 5.74. The average Bonchev–Trinajstić information content (AvgIpc) is 3.27. The van der Waals surface area contributed by atoms with Crippen molar-refractivity contribution in [1.82, 2.24) is 19.8 Å². The van der Waals surface area contributed by atoms with E-state index in [-0.39, 0.29) is 11.9 Å². The summed E-state index contributed by atoms with van der Waals surface area (Å²) in [5, 5.41) is 12.5. The highest BCUT2D eigenvalue weighted by Crippen LogP contribution is 2.48. The Balaban J connectivity index is 1.35. The van der Waals surface area contributed by atoms with Crippen LogP contribution >= 0.6 is 0 Å². The molecular weight excluding hydrogens is 320 g/mol. The number of carboxylic acid groups (broad SMARTS) is 1. The molecule has 7 heteroatoms. The van der Waals surface area contributed by atoms with Gasteiger partial charge in [0, 0.05) is 26.2 Å². The maximum atomic E-state index is 12.4. The predicted molar refractivity (Wildman–Crippen MR) is 92.1 cm³/mol. The Morgan fingerprint density at radius 2 is 2.20 bits per heavy atom. The molecule has 2 atom stereocenters. The molecule has 2 fully saturated rings. The van der Waals surface area contributed by atoms with Gasteiger partial charge in [0.25, 0.3) is 0 Å². The van der Waals surface area contributed by atoms with Crippen LogP contribution in [0.3, 0.4) is 0 Å². The Hall–Kier alpha value is -2.57. The van der Waals surface area contributed by atoms with E-state index in [1.807, 2.05) is 28.8 Å². The van der Waals surface area contributed by atoms with E-state index in [1.165, 1.54) is 0 Å². The number of carbonyl (C=O) groups is 2. The number of aliphatic carboxylic acids is 1. The summed E-state index contributed by atoms with van der Waals surface area (Å²) in [6.45, 7) is 1.99. The lowest BCUT2D eigenvalue weighted by Crippen LogP contribution is -2.42. The van der Waals surface area contributed by atoms with E-state index in [0.717, 1.165) is 23.9 Å². The minimum absolute atomic E-state index is 0.0911. The zero-order chi connectivity index (χ0) is 17.4. The van der Waals surface area contributed by atoms with E-state index in [2.05, 4.69) is 10.3 Å². The number of urea groups is 1. The van der Waals surface area contributed by atoms with Crippen LogP contribution in [-0.4, -0.2) is 51.2 Å². The smallest absolute Gasteiger partial charge is 0.317 e. The number of likely N-dealkylation sites (tertiary alicyclic amines) is 1. The fraction of sp³-hybridized carbons (Fsp3) is 0.500. The van der Waals surface area contributed by atoms with Gasteiger partial charge in [0.05, 0.1) is 22.8 Å². The number of nitrogens with one attached hydrogen (secondary N) is 1. The average molecular weight is 342 g/mol. The van der Waals surface area contributed by atoms with Gasteiger partial charge in [-0.1, -0.05) is 18.6 Å². The van der Waals surface area contributed by atoms with E-state index in [0.29, 0.717) is 32.6 Å². The minimum atomic E-state index is -0.754. The molecule has 0 bridgehead atoms. The molecule has 1 aromatic heterocycles. The molecule has 1 aliphatic carbocycles. The van der Waals surface area contributed by atoms with E-state index in [4.69, 9.17) is 0 Å². The molecule has 2 aromatic rings. The number of benzene rings is 1. The highest BCUT2D eigenvalue weighted by atomic mass is 16.4. The Labute approximate surface area is 145 Å². The Morgan fingerprint density at radius 3 is 3.00 bits per heavy atom. The highest BCUT2D eigenvalue weighted by molar-refractivity contribution is 5.80. The highest BCUT2D eigenvalue weighted by Gasteiger charge is 2.55. The number of rotatable bonds is 4. The van der Waals surface area contributed by atoms with Crippen molar-refractivity contribution in [1.29, 1.82) is 0 Å². The number of carboxylic acids is 1. The van der Waals surface area contributed by atoms with Gasteiger partial charge in [0.2, 0.25) is 0 Å². The van der Waals surface area contributed by atoms with E-state index >= 15 is 0 Å². The molecule has 2 N–H and O–H groups in total. The molecule has 1 saturated carbocycles. The standard InChI is InChI=1S/C18H22N4O3/c23-16(24)18-7-3-4-13(18)10-22(11-18)17(25)19-8-9-21-12-20-14-5-1-2-6-15(14)21/h1-2,5-6,12-13H,3-4,7-11H2,(H,19,25)(H,23,24)/t13-,18+/m0/s1.